The van der Waals surface area contributed by atoms with Crippen LogP contribution in [0.3, 0.4) is 0 Å². The van der Waals surface area contributed by atoms with Crippen LogP contribution in [-0.4, -0.2) is 19.5 Å². The molecule has 0 saturated carbocycles. The highest BCUT2D eigenvalue weighted by molar-refractivity contribution is 5.68. The molecule has 2 N–H and O–H groups in total. The highest BCUT2D eigenvalue weighted by Gasteiger charge is 2.01. The molecule has 0 amide bonds. The second-order valence-electron chi connectivity index (χ2n) is 2.64. The van der Waals surface area contributed by atoms with Crippen molar-refractivity contribution >= 4 is 11.2 Å². The van der Waals surface area contributed by atoms with Crippen LogP contribution in [0.4, 0.5) is 0 Å². The Kier molecular flexibility index (Phi) is 1.70. The third kappa shape index (κ3) is 1.14. The zero-order chi connectivity index (χ0) is 9.26. The maximum atomic E-state index is 7.49. The molecule has 5 heteroatoms. The van der Waals surface area contributed by atoms with Gasteiger partial charge in [-0.05, 0) is 0 Å². The number of hydrogen-bond acceptors (Lipinski definition) is 3. The van der Waals surface area contributed by atoms with Crippen LogP contribution in [0.2, 0.25) is 0 Å². The zero-order valence-electron chi connectivity index (χ0n) is 6.99. The predicted molar refractivity (Wildman–Crippen MR) is 47.9 cm³/mol. The number of allylic oxidation sites excluding steroid dienone is 1. The standard InChI is InChI=1S/C8H9N5/c1-2-3-13-5-12-7(9)6-8(13)11-4-10-6/h2,4-5,9H,1,3H2,(H,10,11). The molecule has 0 spiro atoms. The largest absolute Gasteiger partial charge is 0.340 e. The summed E-state index contributed by atoms with van der Waals surface area (Å²) in [6.45, 7) is 4.28. The minimum absolute atomic E-state index is 0.216. The van der Waals surface area contributed by atoms with E-state index in [0.29, 0.717) is 12.1 Å². The van der Waals surface area contributed by atoms with Crippen molar-refractivity contribution in [2.24, 2.45) is 0 Å². The lowest BCUT2D eigenvalue weighted by atomic mass is 10.5. The Morgan fingerprint density at radius 1 is 1.62 bits per heavy atom. The van der Waals surface area contributed by atoms with Crippen LogP contribution in [-0.2, 0) is 6.54 Å². The second-order valence-corrected chi connectivity index (χ2v) is 2.64. The minimum Gasteiger partial charge on any atom is -0.340 e. The van der Waals surface area contributed by atoms with Crippen LogP contribution in [0.15, 0.2) is 25.3 Å². The zero-order valence-corrected chi connectivity index (χ0v) is 6.99. The van der Waals surface area contributed by atoms with Gasteiger partial charge in [0.25, 0.3) is 0 Å². The highest BCUT2D eigenvalue weighted by atomic mass is 15.1. The fourth-order valence-corrected chi connectivity index (χ4v) is 1.20. The van der Waals surface area contributed by atoms with Gasteiger partial charge in [-0.1, -0.05) is 6.08 Å². The van der Waals surface area contributed by atoms with Crippen molar-refractivity contribution in [1.29, 1.82) is 5.41 Å². The Hall–Kier alpha value is -1.91. The molecule has 0 aliphatic heterocycles. The predicted octanol–water partition coefficient (Wildman–Crippen LogP) is 0.425. The van der Waals surface area contributed by atoms with Crippen molar-refractivity contribution in [3.05, 3.63) is 30.8 Å². The van der Waals surface area contributed by atoms with Gasteiger partial charge in [-0.15, -0.1) is 6.58 Å². The molecule has 0 unspecified atom stereocenters. The van der Waals surface area contributed by atoms with Crippen molar-refractivity contribution in [3.63, 3.8) is 0 Å². The maximum Gasteiger partial charge on any atom is 0.173 e. The van der Waals surface area contributed by atoms with Gasteiger partial charge in [0.05, 0.1) is 12.7 Å². The lowest BCUT2D eigenvalue weighted by molar-refractivity contribution is 0.804. The number of hydrogen-bond donors (Lipinski definition) is 2. The first-order valence-electron chi connectivity index (χ1n) is 3.87. The average Bonchev–Trinajstić information content (AvgIpc) is 2.59. The van der Waals surface area contributed by atoms with Gasteiger partial charge in [0.2, 0.25) is 0 Å². The molecule has 0 aromatic carbocycles. The molecule has 0 atom stereocenters. The van der Waals surface area contributed by atoms with Crippen molar-refractivity contribution in [3.8, 4) is 0 Å². The quantitative estimate of drug-likeness (QED) is 0.649. The molecule has 2 rings (SSSR count). The third-order valence-electron chi connectivity index (χ3n) is 1.78. The van der Waals surface area contributed by atoms with Crippen LogP contribution in [0.25, 0.3) is 11.2 Å². The van der Waals surface area contributed by atoms with Gasteiger partial charge in [-0.25, -0.2) is 9.97 Å². The monoisotopic (exact) mass is 175 g/mol. The van der Waals surface area contributed by atoms with Crippen LogP contribution in [0, 0.1) is 5.41 Å². The number of imidazole rings is 1. The van der Waals surface area contributed by atoms with Crippen LogP contribution in [0.1, 0.15) is 0 Å². The fourth-order valence-electron chi connectivity index (χ4n) is 1.20. The number of rotatable bonds is 2. The van der Waals surface area contributed by atoms with Gasteiger partial charge in [0.1, 0.15) is 5.52 Å². The fraction of sp³-hybridized carbons (Fsp3) is 0.125. The van der Waals surface area contributed by atoms with Crippen LogP contribution < -0.4 is 5.49 Å². The minimum atomic E-state index is 0.216. The number of aromatic nitrogens is 4. The summed E-state index contributed by atoms with van der Waals surface area (Å²) in [6.07, 6.45) is 4.91. The normalized spacial score (nSPS) is 10.5. The van der Waals surface area contributed by atoms with E-state index in [-0.39, 0.29) is 5.49 Å². The van der Waals surface area contributed by atoms with Gasteiger partial charge >= 0.3 is 0 Å². The number of H-pyrrole nitrogens is 1. The summed E-state index contributed by atoms with van der Waals surface area (Å²) in [4.78, 5) is 10.9. The number of fused-ring (bicyclic) bond motifs is 1. The average molecular weight is 175 g/mol. The molecular formula is C8H9N5. The van der Waals surface area contributed by atoms with E-state index < -0.39 is 0 Å². The Bertz CT molecular complexity index is 492. The molecule has 2 aromatic rings. The van der Waals surface area contributed by atoms with E-state index in [1.165, 1.54) is 0 Å². The van der Waals surface area contributed by atoms with E-state index >= 15 is 0 Å². The van der Waals surface area contributed by atoms with Gasteiger partial charge in [0, 0.05) is 6.54 Å². The molecule has 0 aliphatic carbocycles. The molecule has 0 saturated heterocycles. The smallest absolute Gasteiger partial charge is 0.173 e. The first kappa shape index (κ1) is 7.72. The number of nitrogens with zero attached hydrogens (tertiary/aromatic N) is 3. The summed E-state index contributed by atoms with van der Waals surface area (Å²) in [5.41, 5.74) is 1.61. The molecule has 0 aliphatic rings. The first-order valence-corrected chi connectivity index (χ1v) is 3.87. The lowest BCUT2D eigenvalue weighted by Crippen LogP contribution is -2.12. The Balaban J connectivity index is 2.77. The Morgan fingerprint density at radius 3 is 3.23 bits per heavy atom. The van der Waals surface area contributed by atoms with E-state index in [0.717, 1.165) is 5.65 Å². The Morgan fingerprint density at radius 2 is 2.46 bits per heavy atom. The van der Waals surface area contributed by atoms with Gasteiger partial charge in [-0.2, -0.15) is 0 Å². The summed E-state index contributed by atoms with van der Waals surface area (Å²) < 4.78 is 1.83. The summed E-state index contributed by atoms with van der Waals surface area (Å²) in [5, 5.41) is 7.49. The van der Waals surface area contributed by atoms with Crippen molar-refractivity contribution in [1.82, 2.24) is 19.5 Å². The van der Waals surface area contributed by atoms with E-state index in [1.807, 2.05) is 4.57 Å². The summed E-state index contributed by atoms with van der Waals surface area (Å²) >= 11 is 0. The first-order chi connectivity index (χ1) is 6.33. The molecule has 13 heavy (non-hydrogen) atoms. The van der Waals surface area contributed by atoms with E-state index in [1.54, 1.807) is 18.7 Å². The van der Waals surface area contributed by atoms with Crippen LogP contribution in [0.5, 0.6) is 0 Å². The van der Waals surface area contributed by atoms with E-state index in [2.05, 4.69) is 21.5 Å². The molecular weight excluding hydrogens is 166 g/mol. The maximum absolute atomic E-state index is 7.49. The SMILES string of the molecule is C=CCn1cnc(=N)c2[nH]cnc21. The van der Waals surface area contributed by atoms with Gasteiger partial charge in [-0.3, -0.25) is 5.41 Å². The molecule has 0 radical (unpaired) electrons. The van der Waals surface area contributed by atoms with Crippen LogP contribution >= 0.6 is 0 Å². The number of aromatic amines is 1. The molecule has 5 nitrogen and oxygen atoms in total. The summed E-state index contributed by atoms with van der Waals surface area (Å²) in [6, 6.07) is 0. The lowest BCUT2D eigenvalue weighted by Gasteiger charge is -2.01. The summed E-state index contributed by atoms with van der Waals surface area (Å²) in [7, 11) is 0. The van der Waals surface area contributed by atoms with Gasteiger partial charge < -0.3 is 9.55 Å². The molecule has 2 heterocycles. The number of nitrogens with one attached hydrogen (secondary N) is 2. The highest BCUT2D eigenvalue weighted by Crippen LogP contribution is 2.01. The topological polar surface area (TPSA) is 70.3 Å². The van der Waals surface area contributed by atoms with Crippen molar-refractivity contribution in [2.45, 2.75) is 6.54 Å². The second kappa shape index (κ2) is 2.85. The summed E-state index contributed by atoms with van der Waals surface area (Å²) in [5.74, 6) is 0. The Labute approximate surface area is 74.3 Å². The third-order valence-corrected chi connectivity index (χ3v) is 1.78. The molecule has 0 bridgehead atoms. The van der Waals surface area contributed by atoms with Crippen molar-refractivity contribution < 1.29 is 0 Å². The van der Waals surface area contributed by atoms with E-state index in [4.69, 9.17) is 5.41 Å². The molecule has 2 aromatic heterocycles. The van der Waals surface area contributed by atoms with Crippen molar-refractivity contribution in [2.75, 3.05) is 0 Å². The van der Waals surface area contributed by atoms with E-state index in [9.17, 15) is 0 Å². The molecule has 0 fully saturated rings. The van der Waals surface area contributed by atoms with Gasteiger partial charge in [0.15, 0.2) is 11.1 Å². The molecule has 66 valence electrons.